The summed E-state index contributed by atoms with van der Waals surface area (Å²) in [5.74, 6) is 0.701. The van der Waals surface area contributed by atoms with E-state index in [9.17, 15) is 9.59 Å². The van der Waals surface area contributed by atoms with Gasteiger partial charge in [0.2, 0.25) is 5.82 Å². The molecule has 1 fully saturated rings. The maximum Gasteiger partial charge on any atom is 0.326 e. The Morgan fingerprint density at radius 1 is 1.21 bits per heavy atom. The van der Waals surface area contributed by atoms with Crippen LogP contribution in [0.25, 0.3) is 22.2 Å². The number of hydrogen-bond donors (Lipinski definition) is 3. The van der Waals surface area contributed by atoms with Gasteiger partial charge in [0.25, 0.3) is 5.91 Å². The van der Waals surface area contributed by atoms with Gasteiger partial charge in [-0.05, 0) is 37.8 Å². The molecule has 34 heavy (non-hydrogen) atoms. The van der Waals surface area contributed by atoms with Gasteiger partial charge in [-0.2, -0.15) is 0 Å². The molecule has 0 radical (unpaired) electrons. The van der Waals surface area contributed by atoms with Crippen LogP contribution in [0, 0.1) is 0 Å². The summed E-state index contributed by atoms with van der Waals surface area (Å²) in [5, 5.41) is 11.8. The van der Waals surface area contributed by atoms with Gasteiger partial charge in [-0.15, -0.1) is 0 Å². The number of nitrogens with one attached hydrogen (secondary N) is 2. The molecule has 1 aliphatic rings. The number of aromatic amines is 1. The summed E-state index contributed by atoms with van der Waals surface area (Å²) in [6, 6.07) is 7.85. The number of nitrogens with zero attached hydrogens (tertiary/aromatic N) is 6. The summed E-state index contributed by atoms with van der Waals surface area (Å²) in [4.78, 5) is 43.8. The van der Waals surface area contributed by atoms with Crippen LogP contribution in [0.2, 0.25) is 0 Å². The molecule has 11 heteroatoms. The van der Waals surface area contributed by atoms with Crippen molar-refractivity contribution in [3.8, 4) is 0 Å². The minimum atomic E-state index is -0.276. The van der Waals surface area contributed by atoms with Crippen molar-refractivity contribution < 1.29 is 9.90 Å². The molecule has 4 heterocycles. The number of aromatic nitrogens is 6. The number of unbranched alkanes of at least 4 members (excludes halogenated alkanes) is 1. The van der Waals surface area contributed by atoms with Gasteiger partial charge in [0.05, 0.1) is 11.0 Å². The van der Waals surface area contributed by atoms with Crippen molar-refractivity contribution in [3.05, 3.63) is 46.9 Å². The van der Waals surface area contributed by atoms with Gasteiger partial charge < -0.3 is 24.9 Å². The monoisotopic (exact) mass is 464 g/mol. The molecule has 0 unspecified atom stereocenters. The van der Waals surface area contributed by atoms with Crippen molar-refractivity contribution in [1.29, 1.82) is 0 Å². The highest BCUT2D eigenvalue weighted by molar-refractivity contribution is 5.96. The number of imidazole rings is 2. The molecule has 1 saturated heterocycles. The van der Waals surface area contributed by atoms with E-state index >= 15 is 0 Å². The predicted octanol–water partition coefficient (Wildman–Crippen LogP) is 1.35. The van der Waals surface area contributed by atoms with E-state index in [0.717, 1.165) is 23.9 Å². The Labute approximate surface area is 195 Å². The average molecular weight is 465 g/mol. The number of carbonyl (C=O) groups is 1. The second-order valence-corrected chi connectivity index (χ2v) is 8.59. The van der Waals surface area contributed by atoms with E-state index < -0.39 is 0 Å². The Morgan fingerprint density at radius 3 is 2.79 bits per heavy atom. The normalized spacial score (nSPS) is 14.8. The molecular formula is C23H28N8O3. The second-order valence-electron chi connectivity index (χ2n) is 8.59. The first kappa shape index (κ1) is 22.1. The average Bonchev–Trinajstić information content (AvgIpc) is 3.38. The Morgan fingerprint density at radius 2 is 2.00 bits per heavy atom. The van der Waals surface area contributed by atoms with E-state index in [-0.39, 0.29) is 30.1 Å². The maximum absolute atomic E-state index is 12.6. The van der Waals surface area contributed by atoms with Crippen molar-refractivity contribution >= 4 is 33.9 Å². The van der Waals surface area contributed by atoms with Gasteiger partial charge in [0.15, 0.2) is 17.0 Å². The third-order valence-corrected chi connectivity index (χ3v) is 6.46. The molecule has 1 aromatic carbocycles. The molecule has 0 spiro atoms. The summed E-state index contributed by atoms with van der Waals surface area (Å²) in [7, 11) is 1.77. The first-order valence-corrected chi connectivity index (χ1v) is 11.6. The zero-order valence-electron chi connectivity index (χ0n) is 19.1. The Kier molecular flexibility index (Phi) is 6.01. The third-order valence-electron chi connectivity index (χ3n) is 6.46. The quantitative estimate of drug-likeness (QED) is 0.352. The van der Waals surface area contributed by atoms with Crippen molar-refractivity contribution in [1.82, 2.24) is 34.4 Å². The first-order chi connectivity index (χ1) is 16.6. The summed E-state index contributed by atoms with van der Waals surface area (Å²) in [6.07, 6.45) is 4.42. The van der Waals surface area contributed by atoms with Crippen molar-refractivity contribution in [3.63, 3.8) is 0 Å². The minimum Gasteiger partial charge on any atom is -0.396 e. The maximum atomic E-state index is 12.6. The lowest BCUT2D eigenvalue weighted by atomic mass is 10.0. The number of para-hydroxylation sites is 2. The summed E-state index contributed by atoms with van der Waals surface area (Å²) in [5.41, 5.74) is 2.88. The number of carbonyl (C=O) groups excluding carboxylic acids is 1. The number of aliphatic hydroxyl groups is 1. The number of piperidine rings is 1. The molecule has 5 rings (SSSR count). The zero-order chi connectivity index (χ0) is 23.7. The van der Waals surface area contributed by atoms with Crippen LogP contribution < -0.4 is 15.9 Å². The van der Waals surface area contributed by atoms with Crippen LogP contribution in [-0.2, 0) is 7.05 Å². The number of hydrogen-bond acceptors (Lipinski definition) is 7. The van der Waals surface area contributed by atoms with Gasteiger partial charge in [-0.1, -0.05) is 12.1 Å². The summed E-state index contributed by atoms with van der Waals surface area (Å²) in [6.45, 7) is 2.00. The Bertz CT molecular complexity index is 1380. The van der Waals surface area contributed by atoms with Crippen LogP contribution in [0.15, 0.2) is 35.4 Å². The third kappa shape index (κ3) is 3.92. The molecule has 1 aliphatic heterocycles. The van der Waals surface area contributed by atoms with E-state index in [1.54, 1.807) is 11.6 Å². The minimum absolute atomic E-state index is 0.0801. The van der Waals surface area contributed by atoms with E-state index in [1.165, 1.54) is 6.33 Å². The van der Waals surface area contributed by atoms with Crippen molar-refractivity contribution in [2.45, 2.75) is 31.7 Å². The SMILES string of the molecule is Cn1c(C(=O)NCCCCO)nc2c(N3CCC(n4c(=O)[nH]c5ccccc54)CC3)ncnc21. The predicted molar refractivity (Wildman–Crippen MR) is 128 cm³/mol. The molecule has 0 aliphatic carbocycles. The van der Waals surface area contributed by atoms with Crippen molar-refractivity contribution in [2.24, 2.45) is 7.05 Å². The number of H-pyrrole nitrogens is 1. The van der Waals surface area contributed by atoms with Gasteiger partial charge >= 0.3 is 5.69 Å². The fraction of sp³-hybridized carbons (Fsp3) is 0.435. The van der Waals surface area contributed by atoms with Crippen LogP contribution in [0.3, 0.4) is 0 Å². The highest BCUT2D eigenvalue weighted by atomic mass is 16.3. The highest BCUT2D eigenvalue weighted by Gasteiger charge is 2.27. The number of benzene rings is 1. The standard InChI is InChI=1S/C23H28N8O3/c1-29-19-18(28-21(29)22(33)24-10-4-5-13-32)20(26-14-25-19)30-11-8-15(9-12-30)31-17-7-3-2-6-16(17)27-23(31)34/h2-3,6-7,14-15,32H,4-5,8-13H2,1H3,(H,24,33)(H,27,34). The van der Waals surface area contributed by atoms with E-state index in [0.29, 0.717) is 49.5 Å². The van der Waals surface area contributed by atoms with Crippen LogP contribution in [0.5, 0.6) is 0 Å². The topological polar surface area (TPSA) is 134 Å². The van der Waals surface area contributed by atoms with E-state index in [2.05, 4.69) is 30.2 Å². The highest BCUT2D eigenvalue weighted by Crippen LogP contribution is 2.30. The van der Waals surface area contributed by atoms with Gasteiger partial charge in [0, 0.05) is 39.3 Å². The lowest BCUT2D eigenvalue weighted by molar-refractivity contribution is 0.0939. The largest absolute Gasteiger partial charge is 0.396 e. The Balaban J connectivity index is 1.35. The molecular weight excluding hydrogens is 436 g/mol. The van der Waals surface area contributed by atoms with Crippen molar-refractivity contribution in [2.75, 3.05) is 31.1 Å². The second kappa shape index (κ2) is 9.26. The van der Waals surface area contributed by atoms with E-state index in [4.69, 9.17) is 5.11 Å². The van der Waals surface area contributed by atoms with Gasteiger partial charge in [-0.3, -0.25) is 9.36 Å². The fourth-order valence-electron chi connectivity index (χ4n) is 4.71. The lowest BCUT2D eigenvalue weighted by Crippen LogP contribution is -2.37. The smallest absolute Gasteiger partial charge is 0.326 e. The lowest BCUT2D eigenvalue weighted by Gasteiger charge is -2.33. The zero-order valence-corrected chi connectivity index (χ0v) is 19.1. The van der Waals surface area contributed by atoms with Crippen LogP contribution >= 0.6 is 0 Å². The fourth-order valence-corrected chi connectivity index (χ4v) is 4.71. The van der Waals surface area contributed by atoms with Crippen LogP contribution in [-0.4, -0.2) is 66.3 Å². The molecule has 3 N–H and O–H groups in total. The van der Waals surface area contributed by atoms with Gasteiger partial charge in [0.1, 0.15) is 6.33 Å². The van der Waals surface area contributed by atoms with Crippen LogP contribution in [0.1, 0.15) is 42.3 Å². The summed E-state index contributed by atoms with van der Waals surface area (Å²) < 4.78 is 3.54. The molecule has 0 atom stereocenters. The molecule has 0 saturated carbocycles. The number of fused-ring (bicyclic) bond motifs is 2. The molecule has 3 aromatic heterocycles. The summed E-state index contributed by atoms with van der Waals surface area (Å²) >= 11 is 0. The first-order valence-electron chi connectivity index (χ1n) is 11.6. The molecule has 4 aromatic rings. The molecule has 178 valence electrons. The number of anilines is 1. The molecule has 11 nitrogen and oxygen atoms in total. The molecule has 1 amide bonds. The van der Waals surface area contributed by atoms with Gasteiger partial charge in [-0.25, -0.2) is 19.7 Å². The molecule has 0 bridgehead atoms. The number of aryl methyl sites for hydroxylation is 1. The number of rotatable bonds is 7. The number of aliphatic hydroxyl groups excluding tert-OH is 1. The number of amides is 1. The Hall–Kier alpha value is -3.73. The van der Waals surface area contributed by atoms with E-state index in [1.807, 2.05) is 28.8 Å². The van der Waals surface area contributed by atoms with Crippen LogP contribution in [0.4, 0.5) is 5.82 Å².